The summed E-state index contributed by atoms with van der Waals surface area (Å²) in [6.45, 7) is -0.485. The van der Waals surface area contributed by atoms with Crippen molar-refractivity contribution in [3.05, 3.63) is 54.1 Å². The number of aliphatic hydroxyl groups is 2. The molecule has 0 aliphatic rings. The van der Waals surface area contributed by atoms with E-state index in [0.29, 0.717) is 27.8 Å². The quantitative estimate of drug-likeness (QED) is 0.506. The Balaban J connectivity index is 2.21. The molecule has 2 aromatic carbocycles. The van der Waals surface area contributed by atoms with E-state index >= 15 is 0 Å². The van der Waals surface area contributed by atoms with E-state index in [1.165, 1.54) is 0 Å². The summed E-state index contributed by atoms with van der Waals surface area (Å²) in [6, 6.07) is 13.8. The van der Waals surface area contributed by atoms with Crippen molar-refractivity contribution in [2.45, 2.75) is 6.04 Å². The minimum atomic E-state index is -0.577. The maximum Gasteiger partial charge on any atom is 0.250 e. The van der Waals surface area contributed by atoms with Crippen molar-refractivity contribution in [2.24, 2.45) is 5.73 Å². The summed E-state index contributed by atoms with van der Waals surface area (Å²) in [7, 11) is 1.59. The van der Waals surface area contributed by atoms with Crippen LogP contribution in [0.3, 0.4) is 0 Å². The molecule has 0 atom stereocenters. The number of carbonyl (C=O) groups is 1. The van der Waals surface area contributed by atoms with Crippen molar-refractivity contribution in [3.63, 3.8) is 0 Å². The number of hydrogen-bond donors (Lipinski definition) is 4. The molecule has 3 aromatic rings. The van der Waals surface area contributed by atoms with Crippen LogP contribution in [0.2, 0.25) is 0 Å². The summed E-state index contributed by atoms with van der Waals surface area (Å²) in [5.74, 6) is 0.142. The standard InChI is InChI=1S/C20H21N3O4/c1-27-14-7-5-12(6-8-14)17-9-18(22-13(10-24)11-25)15-3-2-4-16(20(21)26)19(15)23-17/h2-9,13,24-25H,10-11H2,1H3,(H2,21,26)(H,22,23). The van der Waals surface area contributed by atoms with Gasteiger partial charge in [-0.2, -0.15) is 0 Å². The van der Waals surface area contributed by atoms with Crippen molar-refractivity contribution in [1.82, 2.24) is 4.98 Å². The lowest BCUT2D eigenvalue weighted by atomic mass is 10.0. The van der Waals surface area contributed by atoms with Crippen molar-refractivity contribution >= 4 is 22.5 Å². The number of amides is 1. The zero-order valence-corrected chi connectivity index (χ0v) is 14.8. The Morgan fingerprint density at radius 1 is 1.19 bits per heavy atom. The fraction of sp³-hybridized carbons (Fsp3) is 0.200. The number of nitrogens with one attached hydrogen (secondary N) is 1. The van der Waals surface area contributed by atoms with Crippen LogP contribution in [0, 0.1) is 0 Å². The Kier molecular flexibility index (Phi) is 5.54. The third kappa shape index (κ3) is 3.84. The Hall–Kier alpha value is -3.16. The number of primary amides is 1. The van der Waals surface area contributed by atoms with Crippen LogP contribution in [-0.4, -0.2) is 47.5 Å². The lowest BCUT2D eigenvalue weighted by Gasteiger charge is -2.18. The van der Waals surface area contributed by atoms with Crippen LogP contribution in [0.1, 0.15) is 10.4 Å². The molecule has 0 radical (unpaired) electrons. The molecule has 0 bridgehead atoms. The molecule has 7 nitrogen and oxygen atoms in total. The smallest absolute Gasteiger partial charge is 0.250 e. The van der Waals surface area contributed by atoms with Gasteiger partial charge in [0.25, 0.3) is 5.91 Å². The first-order valence-corrected chi connectivity index (χ1v) is 8.43. The number of benzene rings is 2. The highest BCUT2D eigenvalue weighted by Gasteiger charge is 2.15. The van der Waals surface area contributed by atoms with Crippen LogP contribution in [0.15, 0.2) is 48.5 Å². The van der Waals surface area contributed by atoms with Gasteiger partial charge in [-0.3, -0.25) is 4.79 Å². The van der Waals surface area contributed by atoms with Gasteiger partial charge in [-0.1, -0.05) is 12.1 Å². The van der Waals surface area contributed by atoms with Crippen molar-refractivity contribution < 1.29 is 19.7 Å². The fourth-order valence-corrected chi connectivity index (χ4v) is 2.85. The number of pyridine rings is 1. The van der Waals surface area contributed by atoms with Crippen LogP contribution in [0.25, 0.3) is 22.2 Å². The fourth-order valence-electron chi connectivity index (χ4n) is 2.85. The molecule has 0 aliphatic carbocycles. The number of para-hydroxylation sites is 1. The lowest BCUT2D eigenvalue weighted by molar-refractivity contribution is 0.100. The molecule has 0 fully saturated rings. The molecule has 0 saturated carbocycles. The summed E-state index contributed by atoms with van der Waals surface area (Å²) in [6.07, 6.45) is 0. The van der Waals surface area contributed by atoms with E-state index in [9.17, 15) is 15.0 Å². The molecule has 1 heterocycles. The number of aliphatic hydroxyl groups excluding tert-OH is 2. The highest BCUT2D eigenvalue weighted by molar-refractivity contribution is 6.08. The first-order valence-electron chi connectivity index (χ1n) is 8.43. The van der Waals surface area contributed by atoms with Crippen molar-refractivity contribution in [3.8, 4) is 17.0 Å². The molecule has 7 heteroatoms. The monoisotopic (exact) mass is 367 g/mol. The van der Waals surface area contributed by atoms with Crippen LogP contribution < -0.4 is 15.8 Å². The summed E-state index contributed by atoms with van der Waals surface area (Å²) in [4.78, 5) is 16.5. The van der Waals surface area contributed by atoms with Gasteiger partial charge < -0.3 is 26.0 Å². The molecule has 1 amide bonds. The number of nitrogens with two attached hydrogens (primary N) is 1. The molecular weight excluding hydrogens is 346 g/mol. The number of fused-ring (bicyclic) bond motifs is 1. The minimum Gasteiger partial charge on any atom is -0.497 e. The highest BCUT2D eigenvalue weighted by Crippen LogP contribution is 2.31. The third-order valence-corrected chi connectivity index (χ3v) is 4.29. The topological polar surface area (TPSA) is 118 Å². The predicted octanol–water partition coefficient (Wildman–Crippen LogP) is 1.77. The molecule has 1 aromatic heterocycles. The zero-order chi connectivity index (χ0) is 19.4. The van der Waals surface area contributed by atoms with Gasteiger partial charge in [0, 0.05) is 16.6 Å². The molecule has 3 rings (SSSR count). The second-order valence-corrected chi connectivity index (χ2v) is 6.06. The van der Waals surface area contributed by atoms with Crippen LogP contribution >= 0.6 is 0 Å². The largest absolute Gasteiger partial charge is 0.497 e. The number of rotatable bonds is 7. The number of anilines is 1. The molecule has 140 valence electrons. The van der Waals surface area contributed by atoms with Crippen LogP contribution in [0.5, 0.6) is 5.75 Å². The third-order valence-electron chi connectivity index (χ3n) is 4.29. The number of aromatic nitrogens is 1. The van der Waals surface area contributed by atoms with Gasteiger partial charge in [0.2, 0.25) is 0 Å². The SMILES string of the molecule is COc1ccc(-c2cc(NC(CO)CO)c3cccc(C(N)=O)c3n2)cc1. The van der Waals surface area contributed by atoms with Crippen molar-refractivity contribution in [1.29, 1.82) is 0 Å². The van der Waals surface area contributed by atoms with E-state index < -0.39 is 11.9 Å². The van der Waals surface area contributed by atoms with Gasteiger partial charge in [0.05, 0.1) is 43.1 Å². The molecular formula is C20H21N3O4. The maximum absolute atomic E-state index is 11.9. The van der Waals surface area contributed by atoms with Gasteiger partial charge in [-0.15, -0.1) is 0 Å². The normalized spacial score (nSPS) is 11.0. The number of nitrogens with zero attached hydrogens (tertiary/aromatic N) is 1. The molecule has 0 spiro atoms. The van der Waals surface area contributed by atoms with Gasteiger partial charge >= 0.3 is 0 Å². The minimum absolute atomic E-state index is 0.242. The lowest BCUT2D eigenvalue weighted by Crippen LogP contribution is -2.27. The van der Waals surface area contributed by atoms with Gasteiger partial charge in [0.1, 0.15) is 5.75 Å². The van der Waals surface area contributed by atoms with Gasteiger partial charge in [0.15, 0.2) is 0 Å². The van der Waals surface area contributed by atoms with E-state index in [2.05, 4.69) is 10.3 Å². The van der Waals surface area contributed by atoms with Gasteiger partial charge in [-0.05, 0) is 36.4 Å². The summed E-state index contributed by atoms with van der Waals surface area (Å²) in [5, 5.41) is 22.6. The number of ether oxygens (including phenoxy) is 1. The first-order chi connectivity index (χ1) is 13.1. The summed E-state index contributed by atoms with van der Waals surface area (Å²) >= 11 is 0. The van der Waals surface area contributed by atoms with E-state index in [4.69, 9.17) is 10.5 Å². The van der Waals surface area contributed by atoms with Gasteiger partial charge in [-0.25, -0.2) is 4.98 Å². The molecule has 0 unspecified atom stereocenters. The number of carbonyl (C=O) groups excluding carboxylic acids is 1. The Labute approximate surface area is 156 Å². The average Bonchev–Trinajstić information content (AvgIpc) is 2.71. The second-order valence-electron chi connectivity index (χ2n) is 6.06. The van der Waals surface area contributed by atoms with E-state index in [1.807, 2.05) is 30.3 Å². The van der Waals surface area contributed by atoms with E-state index in [1.54, 1.807) is 25.3 Å². The Morgan fingerprint density at radius 3 is 2.48 bits per heavy atom. The maximum atomic E-state index is 11.9. The molecule has 0 saturated heterocycles. The molecule has 27 heavy (non-hydrogen) atoms. The van der Waals surface area contributed by atoms with Crippen LogP contribution in [-0.2, 0) is 0 Å². The number of methoxy groups -OCH3 is 1. The zero-order valence-electron chi connectivity index (χ0n) is 14.8. The van der Waals surface area contributed by atoms with E-state index in [-0.39, 0.29) is 13.2 Å². The average molecular weight is 367 g/mol. The Morgan fingerprint density at radius 2 is 1.89 bits per heavy atom. The van der Waals surface area contributed by atoms with Crippen molar-refractivity contribution in [2.75, 3.05) is 25.6 Å². The highest BCUT2D eigenvalue weighted by atomic mass is 16.5. The van der Waals surface area contributed by atoms with E-state index in [0.717, 1.165) is 11.3 Å². The predicted molar refractivity (Wildman–Crippen MR) is 104 cm³/mol. The second kappa shape index (κ2) is 8.03. The van der Waals surface area contributed by atoms with Crippen LogP contribution in [0.4, 0.5) is 5.69 Å². The summed E-state index contributed by atoms with van der Waals surface area (Å²) in [5.41, 5.74) is 8.36. The first kappa shape index (κ1) is 18.6. The Bertz CT molecular complexity index is 953. The molecule has 0 aliphatic heterocycles. The molecule has 5 N–H and O–H groups in total. The summed E-state index contributed by atoms with van der Waals surface area (Å²) < 4.78 is 5.18. The number of hydrogen-bond acceptors (Lipinski definition) is 6.